The summed E-state index contributed by atoms with van der Waals surface area (Å²) in [4.78, 5) is 31.2. The second-order valence-electron chi connectivity index (χ2n) is 8.54. The molecule has 0 radical (unpaired) electrons. The number of anilines is 3. The van der Waals surface area contributed by atoms with Gasteiger partial charge in [-0.05, 0) is 32.5 Å². The summed E-state index contributed by atoms with van der Waals surface area (Å²) in [5.41, 5.74) is 2.66. The maximum atomic E-state index is 12.3. The zero-order chi connectivity index (χ0) is 24.1. The van der Waals surface area contributed by atoms with Gasteiger partial charge >= 0.3 is 0 Å². The summed E-state index contributed by atoms with van der Waals surface area (Å²) in [6.45, 7) is 7.56. The summed E-state index contributed by atoms with van der Waals surface area (Å²) < 4.78 is 0. The SMILES string of the molecule is CC(C)=CC(=O)c1ccc(Cc2nc(Nc3ncc(C#N)s3)cc(N3CCN(C)CC3)n2)cc1. The Bertz CT molecular complexity index is 1230. The average molecular weight is 474 g/mol. The van der Waals surface area contributed by atoms with E-state index in [1.165, 1.54) is 11.3 Å². The number of carbonyl (C=O) groups excluding carboxylic acids is 1. The molecule has 4 rings (SSSR count). The number of nitriles is 1. The predicted octanol–water partition coefficient (Wildman–Crippen LogP) is 4.04. The highest BCUT2D eigenvalue weighted by Crippen LogP contribution is 2.25. The van der Waals surface area contributed by atoms with Crippen LogP contribution in [0, 0.1) is 11.3 Å². The fraction of sp³-hybridized carbons (Fsp3) is 0.320. The highest BCUT2D eigenvalue weighted by Gasteiger charge is 2.18. The Labute approximate surface area is 203 Å². The number of piperazine rings is 1. The zero-order valence-electron chi connectivity index (χ0n) is 19.6. The number of hydrogen-bond acceptors (Lipinski definition) is 9. The van der Waals surface area contributed by atoms with Gasteiger partial charge in [-0.3, -0.25) is 4.79 Å². The minimum Gasteiger partial charge on any atom is -0.354 e. The largest absolute Gasteiger partial charge is 0.354 e. The lowest BCUT2D eigenvalue weighted by Crippen LogP contribution is -2.44. The molecule has 9 heteroatoms. The third-order valence-electron chi connectivity index (χ3n) is 5.46. The average Bonchev–Trinajstić information content (AvgIpc) is 3.27. The number of ketones is 1. The van der Waals surface area contributed by atoms with Gasteiger partial charge in [-0.15, -0.1) is 0 Å². The van der Waals surface area contributed by atoms with Crippen molar-refractivity contribution in [2.45, 2.75) is 20.3 Å². The van der Waals surface area contributed by atoms with Crippen molar-refractivity contribution in [1.29, 1.82) is 5.26 Å². The maximum Gasteiger partial charge on any atom is 0.189 e. The summed E-state index contributed by atoms with van der Waals surface area (Å²) >= 11 is 1.29. The number of hydrogen-bond donors (Lipinski definition) is 1. The van der Waals surface area contributed by atoms with Crippen LogP contribution in [0.4, 0.5) is 16.8 Å². The van der Waals surface area contributed by atoms with Crippen molar-refractivity contribution in [3.8, 4) is 6.07 Å². The molecule has 0 aliphatic carbocycles. The van der Waals surface area contributed by atoms with Crippen molar-refractivity contribution in [2.75, 3.05) is 43.4 Å². The van der Waals surface area contributed by atoms with Gasteiger partial charge in [-0.25, -0.2) is 15.0 Å². The Kier molecular flexibility index (Phi) is 7.30. The molecule has 0 saturated carbocycles. The van der Waals surface area contributed by atoms with Crippen LogP contribution in [0.1, 0.15) is 40.5 Å². The second-order valence-corrected chi connectivity index (χ2v) is 9.57. The first-order valence-corrected chi connectivity index (χ1v) is 11.9. The Balaban J connectivity index is 1.58. The molecule has 8 nitrogen and oxygen atoms in total. The summed E-state index contributed by atoms with van der Waals surface area (Å²) in [6, 6.07) is 11.6. The molecule has 1 aromatic carbocycles. The lowest BCUT2D eigenvalue weighted by atomic mass is 10.0. The fourth-order valence-electron chi connectivity index (χ4n) is 3.63. The number of allylic oxidation sites excluding steroid dienone is 2. The van der Waals surface area contributed by atoms with E-state index >= 15 is 0 Å². The second kappa shape index (κ2) is 10.5. The van der Waals surface area contributed by atoms with Crippen LogP contribution in [0.25, 0.3) is 0 Å². The van der Waals surface area contributed by atoms with E-state index in [0.717, 1.165) is 43.1 Å². The molecule has 0 spiro atoms. The Morgan fingerprint density at radius 3 is 2.56 bits per heavy atom. The smallest absolute Gasteiger partial charge is 0.189 e. The standard InChI is InChI=1S/C25H27N7OS/c1-17(2)12-21(33)19-6-4-18(5-7-19)13-22-28-23(30-25-27-16-20(15-26)34-25)14-24(29-22)32-10-8-31(3)9-11-32/h4-7,12,14,16H,8-11,13H2,1-3H3,(H,27,28,29,30). The van der Waals surface area contributed by atoms with Crippen LogP contribution in [0.3, 0.4) is 0 Å². The molecule has 34 heavy (non-hydrogen) atoms. The van der Waals surface area contributed by atoms with Crippen molar-refractivity contribution < 1.29 is 4.79 Å². The first-order valence-electron chi connectivity index (χ1n) is 11.1. The van der Waals surface area contributed by atoms with Crippen LogP contribution < -0.4 is 10.2 Å². The number of thiazole rings is 1. The first kappa shape index (κ1) is 23.5. The lowest BCUT2D eigenvalue weighted by molar-refractivity contribution is 0.104. The highest BCUT2D eigenvalue weighted by atomic mass is 32.1. The van der Waals surface area contributed by atoms with Crippen molar-refractivity contribution in [3.05, 3.63) is 70.0 Å². The Morgan fingerprint density at radius 2 is 1.91 bits per heavy atom. The third-order valence-corrected chi connectivity index (χ3v) is 6.27. The van der Waals surface area contributed by atoms with E-state index in [2.05, 4.69) is 33.2 Å². The van der Waals surface area contributed by atoms with E-state index in [4.69, 9.17) is 15.2 Å². The van der Waals surface area contributed by atoms with Gasteiger partial charge in [0.25, 0.3) is 0 Å². The molecule has 174 valence electrons. The van der Waals surface area contributed by atoms with Crippen molar-refractivity contribution in [2.24, 2.45) is 0 Å². The van der Waals surface area contributed by atoms with Gasteiger partial charge in [-0.2, -0.15) is 5.26 Å². The van der Waals surface area contributed by atoms with Gasteiger partial charge in [0.1, 0.15) is 28.4 Å². The zero-order valence-corrected chi connectivity index (χ0v) is 20.4. The van der Waals surface area contributed by atoms with Crippen LogP contribution in [-0.2, 0) is 6.42 Å². The van der Waals surface area contributed by atoms with E-state index < -0.39 is 0 Å². The lowest BCUT2D eigenvalue weighted by Gasteiger charge is -2.33. The number of rotatable bonds is 7. The van der Waals surface area contributed by atoms with E-state index in [0.29, 0.717) is 33.6 Å². The molecule has 0 atom stereocenters. The number of carbonyl (C=O) groups is 1. The van der Waals surface area contributed by atoms with Gasteiger partial charge in [0.2, 0.25) is 0 Å². The van der Waals surface area contributed by atoms with Crippen molar-refractivity contribution in [1.82, 2.24) is 19.9 Å². The Hall–Kier alpha value is -3.61. The molecule has 1 N–H and O–H groups in total. The molecule has 1 aliphatic rings. The molecule has 1 aliphatic heterocycles. The van der Waals surface area contributed by atoms with E-state index in [1.807, 2.05) is 44.2 Å². The first-order chi connectivity index (χ1) is 16.4. The topological polar surface area (TPSA) is 98.0 Å². The number of benzene rings is 1. The van der Waals surface area contributed by atoms with Gasteiger partial charge in [0.15, 0.2) is 10.9 Å². The van der Waals surface area contributed by atoms with E-state index in [-0.39, 0.29) is 5.78 Å². The molecular weight excluding hydrogens is 446 g/mol. The molecular formula is C25H27N7OS. The molecule has 3 aromatic rings. The molecule has 1 saturated heterocycles. The van der Waals surface area contributed by atoms with Crippen LogP contribution in [0.15, 0.2) is 48.2 Å². The maximum absolute atomic E-state index is 12.3. The molecule has 0 amide bonds. The van der Waals surface area contributed by atoms with Crippen LogP contribution in [0.5, 0.6) is 0 Å². The number of nitrogens with zero attached hydrogens (tertiary/aromatic N) is 6. The van der Waals surface area contributed by atoms with Crippen molar-refractivity contribution in [3.63, 3.8) is 0 Å². The van der Waals surface area contributed by atoms with E-state index in [1.54, 1.807) is 12.3 Å². The molecule has 3 heterocycles. The number of nitrogens with one attached hydrogen (secondary N) is 1. The van der Waals surface area contributed by atoms with Gasteiger partial charge < -0.3 is 15.1 Å². The minimum atomic E-state index is 0.00605. The molecule has 1 fully saturated rings. The summed E-state index contributed by atoms with van der Waals surface area (Å²) in [5.74, 6) is 2.20. The molecule has 0 bridgehead atoms. The van der Waals surface area contributed by atoms with Gasteiger partial charge in [0, 0.05) is 44.2 Å². The van der Waals surface area contributed by atoms with Crippen LogP contribution in [0.2, 0.25) is 0 Å². The van der Waals surface area contributed by atoms with E-state index in [9.17, 15) is 4.79 Å². The number of likely N-dealkylation sites (N-methyl/N-ethyl adjacent to an activating group) is 1. The highest BCUT2D eigenvalue weighted by molar-refractivity contribution is 7.16. The molecule has 2 aromatic heterocycles. The van der Waals surface area contributed by atoms with Crippen LogP contribution >= 0.6 is 11.3 Å². The predicted molar refractivity (Wildman–Crippen MR) is 135 cm³/mol. The van der Waals surface area contributed by atoms with Crippen LogP contribution in [-0.4, -0.2) is 58.9 Å². The Morgan fingerprint density at radius 1 is 1.18 bits per heavy atom. The van der Waals surface area contributed by atoms with Gasteiger partial charge in [-0.1, -0.05) is 41.2 Å². The number of aromatic nitrogens is 3. The van der Waals surface area contributed by atoms with Crippen molar-refractivity contribution >= 4 is 33.9 Å². The normalized spacial score (nSPS) is 13.9. The monoisotopic (exact) mass is 473 g/mol. The molecule has 0 unspecified atom stereocenters. The third kappa shape index (κ3) is 6.04. The quantitative estimate of drug-likeness (QED) is 0.406. The summed E-state index contributed by atoms with van der Waals surface area (Å²) in [5, 5.41) is 12.9. The summed E-state index contributed by atoms with van der Waals surface area (Å²) in [7, 11) is 2.12. The summed E-state index contributed by atoms with van der Waals surface area (Å²) in [6.07, 6.45) is 3.73. The fourth-order valence-corrected chi connectivity index (χ4v) is 4.25. The minimum absolute atomic E-state index is 0.00605. The van der Waals surface area contributed by atoms with Gasteiger partial charge in [0.05, 0.1) is 6.20 Å².